The van der Waals surface area contributed by atoms with E-state index in [-0.39, 0.29) is 18.0 Å². The van der Waals surface area contributed by atoms with E-state index in [1.807, 2.05) is 20.8 Å². The van der Waals surface area contributed by atoms with E-state index in [4.69, 9.17) is 11.6 Å². The van der Waals surface area contributed by atoms with Crippen LogP contribution in [0.15, 0.2) is 36.7 Å². The normalized spacial score (nSPS) is 13.0. The van der Waals surface area contributed by atoms with Crippen molar-refractivity contribution in [1.29, 1.82) is 0 Å². The quantitative estimate of drug-likeness (QED) is 0.910. The van der Waals surface area contributed by atoms with Crippen LogP contribution in [0.3, 0.4) is 0 Å². The molecule has 2 N–H and O–H groups in total. The molecule has 0 saturated carbocycles. The van der Waals surface area contributed by atoms with Gasteiger partial charge in [-0.3, -0.25) is 9.48 Å². The fraction of sp³-hybridized carbons (Fsp3) is 0.375. The first kappa shape index (κ1) is 16.5. The van der Waals surface area contributed by atoms with Crippen molar-refractivity contribution in [1.82, 2.24) is 15.1 Å². The Morgan fingerprint density at radius 3 is 2.68 bits per heavy atom. The predicted molar refractivity (Wildman–Crippen MR) is 86.0 cm³/mol. The van der Waals surface area contributed by atoms with Crippen molar-refractivity contribution in [3.05, 3.63) is 52.8 Å². The van der Waals surface area contributed by atoms with Gasteiger partial charge in [0.15, 0.2) is 0 Å². The van der Waals surface area contributed by atoms with Crippen LogP contribution in [0.4, 0.5) is 0 Å². The molecule has 0 unspecified atom stereocenters. The molecule has 0 saturated heterocycles. The molecule has 2 aromatic rings. The van der Waals surface area contributed by atoms with Crippen molar-refractivity contribution in [3.8, 4) is 0 Å². The lowest BCUT2D eigenvalue weighted by Crippen LogP contribution is -2.28. The summed E-state index contributed by atoms with van der Waals surface area (Å²) in [6.07, 6.45) is 2.36. The number of carbonyl (C=O) groups is 1. The van der Waals surface area contributed by atoms with E-state index in [0.29, 0.717) is 16.1 Å². The molecule has 1 aromatic heterocycles. The average Bonchev–Trinajstić information content (AvgIpc) is 2.95. The lowest BCUT2D eigenvalue weighted by molar-refractivity contribution is 0.0916. The molecule has 1 aromatic carbocycles. The van der Waals surface area contributed by atoms with E-state index in [1.54, 1.807) is 35.1 Å². The number of amides is 1. The zero-order valence-electron chi connectivity index (χ0n) is 12.9. The van der Waals surface area contributed by atoms with Crippen LogP contribution in [0.5, 0.6) is 0 Å². The Morgan fingerprint density at radius 1 is 1.41 bits per heavy atom. The number of aliphatic hydroxyl groups is 1. The van der Waals surface area contributed by atoms with Crippen molar-refractivity contribution in [2.75, 3.05) is 6.54 Å². The van der Waals surface area contributed by atoms with Gasteiger partial charge in [0.2, 0.25) is 0 Å². The molecule has 118 valence electrons. The lowest BCUT2D eigenvalue weighted by Gasteiger charge is -2.18. The summed E-state index contributed by atoms with van der Waals surface area (Å²) in [7, 11) is 0. The molecule has 1 amide bonds. The minimum absolute atomic E-state index is 0.0866. The van der Waals surface area contributed by atoms with Gasteiger partial charge in [-0.1, -0.05) is 29.8 Å². The third-order valence-corrected chi connectivity index (χ3v) is 3.60. The van der Waals surface area contributed by atoms with E-state index < -0.39 is 6.10 Å². The van der Waals surface area contributed by atoms with Gasteiger partial charge < -0.3 is 10.4 Å². The Balaban J connectivity index is 1.98. The maximum absolute atomic E-state index is 12.1. The molecular formula is C16H20ClN3O2. The summed E-state index contributed by atoms with van der Waals surface area (Å²) in [6, 6.07) is 7.02. The van der Waals surface area contributed by atoms with Gasteiger partial charge in [-0.2, -0.15) is 5.10 Å². The molecule has 0 aliphatic heterocycles. The maximum atomic E-state index is 12.1. The summed E-state index contributed by atoms with van der Waals surface area (Å²) < 4.78 is 1.73. The Kier molecular flexibility index (Phi) is 4.88. The summed E-state index contributed by atoms with van der Waals surface area (Å²) in [6.45, 7) is 6.10. The van der Waals surface area contributed by atoms with Crippen molar-refractivity contribution >= 4 is 17.5 Å². The Bertz CT molecular complexity index is 661. The van der Waals surface area contributed by atoms with Crippen LogP contribution in [0.2, 0.25) is 5.02 Å². The first-order valence-electron chi connectivity index (χ1n) is 7.05. The lowest BCUT2D eigenvalue weighted by atomic mass is 10.1. The Labute approximate surface area is 134 Å². The van der Waals surface area contributed by atoms with E-state index in [0.717, 1.165) is 0 Å². The predicted octanol–water partition coefficient (Wildman–Crippen LogP) is 2.75. The molecular weight excluding hydrogens is 302 g/mol. The highest BCUT2D eigenvalue weighted by Crippen LogP contribution is 2.22. The number of nitrogens with one attached hydrogen (secondary N) is 1. The van der Waals surface area contributed by atoms with Crippen LogP contribution in [-0.4, -0.2) is 27.3 Å². The van der Waals surface area contributed by atoms with E-state index >= 15 is 0 Å². The second-order valence-electron chi connectivity index (χ2n) is 6.09. The van der Waals surface area contributed by atoms with Gasteiger partial charge in [0.1, 0.15) is 0 Å². The van der Waals surface area contributed by atoms with Gasteiger partial charge in [0, 0.05) is 23.3 Å². The van der Waals surface area contributed by atoms with Crippen molar-refractivity contribution in [3.63, 3.8) is 0 Å². The monoisotopic (exact) mass is 321 g/mol. The van der Waals surface area contributed by atoms with E-state index in [2.05, 4.69) is 10.4 Å². The fourth-order valence-electron chi connectivity index (χ4n) is 1.95. The van der Waals surface area contributed by atoms with Gasteiger partial charge in [-0.05, 0) is 26.8 Å². The van der Waals surface area contributed by atoms with Crippen LogP contribution in [0.1, 0.15) is 42.8 Å². The minimum atomic E-state index is -0.852. The molecule has 0 fully saturated rings. The Hall–Kier alpha value is -1.85. The summed E-state index contributed by atoms with van der Waals surface area (Å²) >= 11 is 6.02. The molecule has 1 heterocycles. The van der Waals surface area contributed by atoms with Crippen molar-refractivity contribution < 1.29 is 9.90 Å². The van der Waals surface area contributed by atoms with Gasteiger partial charge in [-0.25, -0.2) is 0 Å². The third kappa shape index (κ3) is 3.87. The molecule has 0 aliphatic rings. The number of benzene rings is 1. The number of halogens is 1. The molecule has 0 spiro atoms. The van der Waals surface area contributed by atoms with Gasteiger partial charge >= 0.3 is 0 Å². The highest BCUT2D eigenvalue weighted by Gasteiger charge is 2.18. The smallest absolute Gasteiger partial charge is 0.254 e. The number of aliphatic hydroxyl groups excluding tert-OH is 1. The van der Waals surface area contributed by atoms with Crippen LogP contribution >= 0.6 is 11.6 Å². The van der Waals surface area contributed by atoms with E-state index in [9.17, 15) is 9.90 Å². The molecule has 0 aliphatic carbocycles. The first-order valence-corrected chi connectivity index (χ1v) is 7.42. The van der Waals surface area contributed by atoms with Crippen LogP contribution in [0, 0.1) is 0 Å². The summed E-state index contributed by atoms with van der Waals surface area (Å²) in [5.74, 6) is -0.276. The zero-order valence-corrected chi connectivity index (χ0v) is 13.6. The second-order valence-corrected chi connectivity index (χ2v) is 6.50. The molecule has 22 heavy (non-hydrogen) atoms. The second kappa shape index (κ2) is 6.50. The number of carbonyl (C=O) groups excluding carboxylic acids is 1. The SMILES string of the molecule is CC(C)(C)n1cc(C(=O)NC[C@H](O)c2ccccc2Cl)cn1. The van der Waals surface area contributed by atoms with Crippen LogP contribution < -0.4 is 5.32 Å². The first-order chi connectivity index (χ1) is 10.3. The number of aromatic nitrogens is 2. The summed E-state index contributed by atoms with van der Waals surface area (Å²) in [4.78, 5) is 12.1. The van der Waals surface area contributed by atoms with E-state index in [1.165, 1.54) is 6.20 Å². The van der Waals surface area contributed by atoms with Crippen molar-refractivity contribution in [2.45, 2.75) is 32.4 Å². The Morgan fingerprint density at radius 2 is 2.09 bits per heavy atom. The number of hydrogen-bond donors (Lipinski definition) is 2. The molecule has 0 radical (unpaired) electrons. The fourth-order valence-corrected chi connectivity index (χ4v) is 2.22. The summed E-state index contributed by atoms with van der Waals surface area (Å²) in [5.41, 5.74) is 0.867. The minimum Gasteiger partial charge on any atom is -0.387 e. The van der Waals surface area contributed by atoms with Crippen LogP contribution in [-0.2, 0) is 5.54 Å². The largest absolute Gasteiger partial charge is 0.387 e. The highest BCUT2D eigenvalue weighted by atomic mass is 35.5. The van der Waals surface area contributed by atoms with Crippen LogP contribution in [0.25, 0.3) is 0 Å². The maximum Gasteiger partial charge on any atom is 0.254 e. The third-order valence-electron chi connectivity index (χ3n) is 3.25. The standard InChI is InChI=1S/C16H20ClN3O2/c1-16(2,3)20-10-11(8-19-20)15(22)18-9-14(21)12-6-4-5-7-13(12)17/h4-8,10,14,21H,9H2,1-3H3,(H,18,22)/t14-/m0/s1. The summed E-state index contributed by atoms with van der Waals surface area (Å²) in [5, 5.41) is 17.5. The molecule has 5 nitrogen and oxygen atoms in total. The average molecular weight is 322 g/mol. The van der Waals surface area contributed by atoms with Gasteiger partial charge in [-0.15, -0.1) is 0 Å². The zero-order chi connectivity index (χ0) is 16.3. The van der Waals surface area contributed by atoms with Gasteiger partial charge in [0.25, 0.3) is 5.91 Å². The molecule has 0 bridgehead atoms. The molecule has 6 heteroatoms. The topological polar surface area (TPSA) is 67.2 Å². The number of rotatable bonds is 4. The molecule has 1 atom stereocenters. The van der Waals surface area contributed by atoms with Gasteiger partial charge in [0.05, 0.1) is 23.4 Å². The number of nitrogens with zero attached hydrogens (tertiary/aromatic N) is 2. The number of hydrogen-bond acceptors (Lipinski definition) is 3. The highest BCUT2D eigenvalue weighted by molar-refractivity contribution is 6.31. The molecule has 2 rings (SSSR count). The van der Waals surface area contributed by atoms with Crippen molar-refractivity contribution in [2.24, 2.45) is 0 Å².